The molecule has 3 aliphatic rings. The Hall–Kier alpha value is -1.47. The number of benzene rings is 1. The lowest BCUT2D eigenvalue weighted by atomic mass is 10.1. The number of fused-ring (bicyclic) bond motifs is 2. The third-order valence-electron chi connectivity index (χ3n) is 4.42. The Kier molecular flexibility index (Phi) is 3.62. The molecular formula is C16H20N2O4. The smallest absolute Gasteiger partial charge is 0.293 e. The van der Waals surface area contributed by atoms with E-state index in [1.807, 2.05) is 24.3 Å². The maximum absolute atomic E-state index is 13.0. The van der Waals surface area contributed by atoms with E-state index in [4.69, 9.17) is 14.2 Å². The molecule has 6 heteroatoms. The van der Waals surface area contributed by atoms with Crippen LogP contribution in [0.3, 0.4) is 0 Å². The molecule has 0 aliphatic carbocycles. The number of carbonyl (C=O) groups excluding carboxylic acids is 1. The maximum atomic E-state index is 13.0. The van der Waals surface area contributed by atoms with E-state index in [0.29, 0.717) is 33.1 Å². The monoisotopic (exact) mass is 304 g/mol. The third kappa shape index (κ3) is 2.14. The lowest BCUT2D eigenvalue weighted by Crippen LogP contribution is -2.51. The van der Waals surface area contributed by atoms with Crippen LogP contribution in [0.5, 0.6) is 0 Å². The molecule has 0 unspecified atom stereocenters. The predicted molar refractivity (Wildman–Crippen MR) is 79.4 cm³/mol. The van der Waals surface area contributed by atoms with Crippen LogP contribution in [-0.2, 0) is 24.8 Å². The first-order chi connectivity index (χ1) is 10.8. The van der Waals surface area contributed by atoms with Gasteiger partial charge in [0.1, 0.15) is 0 Å². The molecule has 0 atom stereocenters. The van der Waals surface area contributed by atoms with Gasteiger partial charge in [-0.05, 0) is 12.5 Å². The minimum Gasteiger partial charge on any atom is -0.379 e. The zero-order valence-corrected chi connectivity index (χ0v) is 12.5. The average molecular weight is 304 g/mol. The summed E-state index contributed by atoms with van der Waals surface area (Å²) in [6.45, 7) is 4.73. The van der Waals surface area contributed by atoms with E-state index in [2.05, 4.69) is 4.90 Å². The number of nitrogens with zero attached hydrogens (tertiary/aromatic N) is 2. The molecule has 0 N–H and O–H groups in total. The molecule has 1 amide bonds. The Morgan fingerprint density at radius 1 is 1.05 bits per heavy atom. The Balaban J connectivity index is 1.66. The predicted octanol–water partition coefficient (Wildman–Crippen LogP) is 0.913. The van der Waals surface area contributed by atoms with Gasteiger partial charge in [-0.3, -0.25) is 14.6 Å². The van der Waals surface area contributed by atoms with Crippen LogP contribution in [0.2, 0.25) is 0 Å². The van der Waals surface area contributed by atoms with Gasteiger partial charge >= 0.3 is 0 Å². The lowest BCUT2D eigenvalue weighted by Gasteiger charge is -2.34. The highest BCUT2D eigenvalue weighted by atomic mass is 16.7. The van der Waals surface area contributed by atoms with Gasteiger partial charge in [0.25, 0.3) is 11.7 Å². The number of ether oxygens (including phenoxy) is 3. The summed E-state index contributed by atoms with van der Waals surface area (Å²) in [4.78, 5) is 17.0. The van der Waals surface area contributed by atoms with Crippen LogP contribution >= 0.6 is 0 Å². The fourth-order valence-corrected chi connectivity index (χ4v) is 3.28. The molecule has 1 spiro atoms. The van der Waals surface area contributed by atoms with Crippen molar-refractivity contribution >= 4 is 11.6 Å². The van der Waals surface area contributed by atoms with Crippen LogP contribution in [0.25, 0.3) is 0 Å². The summed E-state index contributed by atoms with van der Waals surface area (Å²) in [7, 11) is 0. The Labute approximate surface area is 129 Å². The van der Waals surface area contributed by atoms with E-state index in [1.165, 1.54) is 0 Å². The molecule has 3 heterocycles. The molecule has 1 aromatic rings. The van der Waals surface area contributed by atoms with Gasteiger partial charge in [-0.1, -0.05) is 18.2 Å². The highest BCUT2D eigenvalue weighted by Crippen LogP contribution is 2.44. The summed E-state index contributed by atoms with van der Waals surface area (Å²) in [5, 5.41) is 0. The fraction of sp³-hybridized carbons (Fsp3) is 0.562. The average Bonchev–Trinajstić information content (AvgIpc) is 2.80. The zero-order valence-electron chi connectivity index (χ0n) is 12.5. The molecule has 4 rings (SSSR count). The van der Waals surface area contributed by atoms with E-state index >= 15 is 0 Å². The van der Waals surface area contributed by atoms with E-state index in [0.717, 1.165) is 30.8 Å². The summed E-state index contributed by atoms with van der Waals surface area (Å²) in [6, 6.07) is 7.76. The zero-order chi connectivity index (χ0) is 15.0. The fourth-order valence-electron chi connectivity index (χ4n) is 3.28. The summed E-state index contributed by atoms with van der Waals surface area (Å²) in [5.41, 5.74) is 1.72. The topological polar surface area (TPSA) is 51.2 Å². The third-order valence-corrected chi connectivity index (χ3v) is 4.42. The number of hydrogen-bond donors (Lipinski definition) is 0. The first-order valence-corrected chi connectivity index (χ1v) is 7.81. The molecule has 6 nitrogen and oxygen atoms in total. The van der Waals surface area contributed by atoms with Crippen molar-refractivity contribution < 1.29 is 19.0 Å². The molecule has 0 radical (unpaired) electrons. The van der Waals surface area contributed by atoms with Crippen LogP contribution < -0.4 is 4.90 Å². The van der Waals surface area contributed by atoms with Gasteiger partial charge in [-0.25, -0.2) is 0 Å². The second-order valence-corrected chi connectivity index (χ2v) is 5.79. The number of hydrogen-bond acceptors (Lipinski definition) is 5. The Bertz CT molecular complexity index is 565. The number of morpholine rings is 1. The van der Waals surface area contributed by atoms with Crippen LogP contribution in [0, 0.1) is 0 Å². The van der Waals surface area contributed by atoms with Crippen molar-refractivity contribution in [3.05, 3.63) is 29.8 Å². The van der Waals surface area contributed by atoms with Gasteiger partial charge in [0.15, 0.2) is 0 Å². The summed E-state index contributed by atoms with van der Waals surface area (Å²) in [5.74, 6) is -1.35. The minimum atomic E-state index is -1.23. The number of amides is 1. The quantitative estimate of drug-likeness (QED) is 0.813. The van der Waals surface area contributed by atoms with Gasteiger partial charge in [0.2, 0.25) is 0 Å². The Morgan fingerprint density at radius 3 is 2.55 bits per heavy atom. The standard InChI is InChI=1S/C16H20N2O4/c19-15-16(21-8-3-9-22-16)13-4-1-2-5-14(13)18(15)12-17-6-10-20-11-7-17/h1-2,4-5H,3,6-12H2. The van der Waals surface area contributed by atoms with Crippen LogP contribution in [-0.4, -0.2) is 57.0 Å². The van der Waals surface area contributed by atoms with Crippen LogP contribution in [0.1, 0.15) is 12.0 Å². The summed E-state index contributed by atoms with van der Waals surface area (Å²) >= 11 is 0. The van der Waals surface area contributed by atoms with Crippen molar-refractivity contribution in [1.29, 1.82) is 0 Å². The molecule has 2 saturated heterocycles. The molecular weight excluding hydrogens is 284 g/mol. The maximum Gasteiger partial charge on any atom is 0.293 e. The minimum absolute atomic E-state index is 0.111. The normalized spacial score (nSPS) is 24.7. The van der Waals surface area contributed by atoms with Crippen molar-refractivity contribution in [3.63, 3.8) is 0 Å². The first-order valence-electron chi connectivity index (χ1n) is 7.81. The van der Waals surface area contributed by atoms with Gasteiger partial charge in [0.05, 0.1) is 38.8 Å². The van der Waals surface area contributed by atoms with Crippen LogP contribution in [0.15, 0.2) is 24.3 Å². The van der Waals surface area contributed by atoms with Crippen LogP contribution in [0.4, 0.5) is 5.69 Å². The highest BCUT2D eigenvalue weighted by molar-refractivity contribution is 6.06. The summed E-state index contributed by atoms with van der Waals surface area (Å²) in [6.07, 6.45) is 0.820. The second kappa shape index (κ2) is 5.62. The first kappa shape index (κ1) is 14.1. The van der Waals surface area contributed by atoms with Crippen molar-refractivity contribution in [2.45, 2.75) is 12.2 Å². The largest absolute Gasteiger partial charge is 0.379 e. The molecule has 0 saturated carbocycles. The van der Waals surface area contributed by atoms with Gasteiger partial charge in [-0.15, -0.1) is 0 Å². The number of carbonyl (C=O) groups is 1. The van der Waals surface area contributed by atoms with Crippen molar-refractivity contribution in [2.75, 3.05) is 51.1 Å². The van der Waals surface area contributed by atoms with Gasteiger partial charge in [-0.2, -0.15) is 0 Å². The second-order valence-electron chi connectivity index (χ2n) is 5.79. The number of anilines is 1. The van der Waals surface area contributed by atoms with E-state index in [9.17, 15) is 4.79 Å². The lowest BCUT2D eigenvalue weighted by molar-refractivity contribution is -0.257. The molecule has 0 bridgehead atoms. The van der Waals surface area contributed by atoms with Gasteiger partial charge in [0, 0.05) is 18.7 Å². The van der Waals surface area contributed by atoms with E-state index in [-0.39, 0.29) is 5.91 Å². The molecule has 0 aromatic heterocycles. The van der Waals surface area contributed by atoms with Gasteiger partial charge < -0.3 is 14.2 Å². The molecule has 118 valence electrons. The molecule has 2 fully saturated rings. The van der Waals surface area contributed by atoms with Crippen molar-refractivity contribution in [3.8, 4) is 0 Å². The highest BCUT2D eigenvalue weighted by Gasteiger charge is 2.54. The SMILES string of the molecule is O=C1N(CN2CCOCC2)c2ccccc2C12OCCCO2. The number of rotatable bonds is 2. The molecule has 1 aromatic carbocycles. The molecule has 22 heavy (non-hydrogen) atoms. The summed E-state index contributed by atoms with van der Waals surface area (Å²) < 4.78 is 17.0. The van der Waals surface area contributed by atoms with E-state index < -0.39 is 5.79 Å². The Morgan fingerprint density at radius 2 is 1.77 bits per heavy atom. The van der Waals surface area contributed by atoms with Crippen molar-refractivity contribution in [1.82, 2.24) is 4.90 Å². The van der Waals surface area contributed by atoms with Crippen molar-refractivity contribution in [2.24, 2.45) is 0 Å². The van der Waals surface area contributed by atoms with E-state index in [1.54, 1.807) is 4.90 Å². The number of para-hydroxylation sites is 1. The molecule has 3 aliphatic heterocycles.